The molecule has 0 radical (unpaired) electrons. The lowest BCUT2D eigenvalue weighted by molar-refractivity contribution is 0.112. The van der Waals surface area contributed by atoms with E-state index in [9.17, 15) is 4.79 Å². The fourth-order valence-corrected chi connectivity index (χ4v) is 3.65. The Morgan fingerprint density at radius 2 is 2.17 bits per heavy atom. The Kier molecular flexibility index (Phi) is 4.38. The molecule has 1 aliphatic rings. The van der Waals surface area contributed by atoms with Gasteiger partial charge in [0.2, 0.25) is 0 Å². The van der Waals surface area contributed by atoms with E-state index in [2.05, 4.69) is 34.7 Å². The van der Waals surface area contributed by atoms with E-state index in [1.807, 2.05) is 30.0 Å². The number of thioether (sulfide) groups is 1. The minimum absolute atomic E-state index is 0.370. The molecule has 4 heteroatoms. The molecule has 0 spiro atoms. The quantitative estimate of drug-likeness (QED) is 0.766. The highest BCUT2D eigenvalue weighted by Crippen LogP contribution is 2.33. The lowest BCUT2D eigenvalue weighted by atomic mass is 10.1. The van der Waals surface area contributed by atoms with Gasteiger partial charge in [0.15, 0.2) is 6.29 Å². The minimum Gasteiger partial charge on any atom is -0.371 e. The predicted molar refractivity (Wildman–Crippen MR) is 82.9 cm³/mol. The second-order valence-corrected chi connectivity index (χ2v) is 7.83. The SMILES string of the molecule is CC1(C)CCN(c2ccc(C=O)c(Br)c2)CCS1. The van der Waals surface area contributed by atoms with E-state index in [0.717, 1.165) is 29.6 Å². The molecule has 18 heavy (non-hydrogen) atoms. The summed E-state index contributed by atoms with van der Waals surface area (Å²) in [5.41, 5.74) is 1.91. The number of nitrogens with zero attached hydrogens (tertiary/aromatic N) is 1. The Morgan fingerprint density at radius 3 is 2.83 bits per heavy atom. The third-order valence-electron chi connectivity index (χ3n) is 3.31. The van der Waals surface area contributed by atoms with Gasteiger partial charge in [0, 0.05) is 39.3 Å². The van der Waals surface area contributed by atoms with Gasteiger partial charge >= 0.3 is 0 Å². The van der Waals surface area contributed by atoms with Gasteiger partial charge in [-0.05, 0) is 40.5 Å². The van der Waals surface area contributed by atoms with E-state index >= 15 is 0 Å². The van der Waals surface area contributed by atoms with Gasteiger partial charge in [-0.25, -0.2) is 0 Å². The van der Waals surface area contributed by atoms with Crippen molar-refractivity contribution in [3.8, 4) is 0 Å². The Hall–Kier alpha value is -0.480. The van der Waals surface area contributed by atoms with Crippen molar-refractivity contribution >= 4 is 39.7 Å². The van der Waals surface area contributed by atoms with Crippen molar-refractivity contribution in [3.05, 3.63) is 28.2 Å². The van der Waals surface area contributed by atoms with Crippen LogP contribution >= 0.6 is 27.7 Å². The average molecular weight is 328 g/mol. The highest BCUT2D eigenvalue weighted by atomic mass is 79.9. The second kappa shape index (κ2) is 5.66. The lowest BCUT2D eigenvalue weighted by Crippen LogP contribution is -2.26. The molecule has 1 fully saturated rings. The number of halogens is 1. The molecule has 0 saturated carbocycles. The second-order valence-electron chi connectivity index (χ2n) is 5.17. The molecule has 0 N–H and O–H groups in total. The Morgan fingerprint density at radius 1 is 1.39 bits per heavy atom. The van der Waals surface area contributed by atoms with Gasteiger partial charge in [0.05, 0.1) is 0 Å². The maximum atomic E-state index is 10.8. The summed E-state index contributed by atoms with van der Waals surface area (Å²) in [6.45, 7) is 6.77. The van der Waals surface area contributed by atoms with Crippen molar-refractivity contribution < 1.29 is 4.79 Å². The number of carbonyl (C=O) groups excluding carboxylic acids is 1. The van der Waals surface area contributed by atoms with E-state index in [-0.39, 0.29) is 0 Å². The zero-order valence-corrected chi connectivity index (χ0v) is 13.2. The van der Waals surface area contributed by atoms with Crippen molar-refractivity contribution in [2.45, 2.75) is 25.0 Å². The molecule has 1 aromatic carbocycles. The van der Waals surface area contributed by atoms with Gasteiger partial charge in [0.1, 0.15) is 0 Å². The molecule has 1 saturated heterocycles. The summed E-state index contributed by atoms with van der Waals surface area (Å²) in [6, 6.07) is 5.97. The van der Waals surface area contributed by atoms with Crippen molar-refractivity contribution in [3.63, 3.8) is 0 Å². The molecule has 0 unspecified atom stereocenters. The number of aldehydes is 1. The van der Waals surface area contributed by atoms with Gasteiger partial charge in [-0.3, -0.25) is 4.79 Å². The van der Waals surface area contributed by atoms with Crippen LogP contribution in [0.3, 0.4) is 0 Å². The summed E-state index contributed by atoms with van der Waals surface area (Å²) in [5, 5.41) is 0. The van der Waals surface area contributed by atoms with Crippen molar-refractivity contribution in [1.82, 2.24) is 0 Å². The van der Waals surface area contributed by atoms with Gasteiger partial charge in [-0.15, -0.1) is 0 Å². The lowest BCUT2D eigenvalue weighted by Gasteiger charge is -2.24. The third kappa shape index (κ3) is 3.29. The normalized spacial score (nSPS) is 19.4. The summed E-state index contributed by atoms with van der Waals surface area (Å²) in [4.78, 5) is 13.2. The van der Waals surface area contributed by atoms with Crippen LogP contribution in [0.4, 0.5) is 5.69 Å². The number of anilines is 1. The Balaban J connectivity index is 2.16. The topological polar surface area (TPSA) is 20.3 Å². The van der Waals surface area contributed by atoms with Crippen LogP contribution in [-0.2, 0) is 0 Å². The van der Waals surface area contributed by atoms with Gasteiger partial charge in [0.25, 0.3) is 0 Å². The summed E-state index contributed by atoms with van der Waals surface area (Å²) < 4.78 is 1.25. The van der Waals surface area contributed by atoms with Crippen LogP contribution in [0.15, 0.2) is 22.7 Å². The maximum absolute atomic E-state index is 10.8. The molecule has 0 amide bonds. The molecule has 1 aromatic rings. The monoisotopic (exact) mass is 327 g/mol. The molecule has 0 aromatic heterocycles. The molecule has 1 heterocycles. The highest BCUT2D eigenvalue weighted by Gasteiger charge is 2.23. The van der Waals surface area contributed by atoms with Crippen LogP contribution < -0.4 is 4.90 Å². The number of rotatable bonds is 2. The molecule has 2 nitrogen and oxygen atoms in total. The molecule has 0 aliphatic carbocycles. The largest absolute Gasteiger partial charge is 0.371 e. The molecule has 0 bridgehead atoms. The average Bonchev–Trinajstić information content (AvgIpc) is 2.50. The van der Waals surface area contributed by atoms with E-state index < -0.39 is 0 Å². The van der Waals surface area contributed by atoms with E-state index in [1.165, 1.54) is 12.1 Å². The van der Waals surface area contributed by atoms with Crippen molar-refractivity contribution in [2.24, 2.45) is 0 Å². The molecular formula is C14H18BrNOS. The van der Waals surface area contributed by atoms with Crippen LogP contribution in [0.5, 0.6) is 0 Å². The summed E-state index contributed by atoms with van der Waals surface area (Å²) >= 11 is 5.49. The van der Waals surface area contributed by atoms with Gasteiger partial charge < -0.3 is 4.90 Å². The van der Waals surface area contributed by atoms with E-state index in [0.29, 0.717) is 10.3 Å². The first-order chi connectivity index (χ1) is 8.52. The van der Waals surface area contributed by atoms with Crippen molar-refractivity contribution in [2.75, 3.05) is 23.7 Å². The smallest absolute Gasteiger partial charge is 0.151 e. The number of hydrogen-bond acceptors (Lipinski definition) is 3. The number of benzene rings is 1. The number of carbonyl (C=O) groups is 1. The Bertz CT molecular complexity index is 447. The predicted octanol–water partition coefficient (Wildman–Crippen LogP) is 3.98. The molecule has 1 aliphatic heterocycles. The fourth-order valence-electron chi connectivity index (χ4n) is 2.09. The van der Waals surface area contributed by atoms with Crippen LogP contribution in [-0.4, -0.2) is 29.9 Å². The first-order valence-corrected chi connectivity index (χ1v) is 7.93. The third-order valence-corrected chi connectivity index (χ3v) is 5.37. The van der Waals surface area contributed by atoms with Gasteiger partial charge in [-0.1, -0.05) is 13.8 Å². The van der Waals surface area contributed by atoms with Gasteiger partial charge in [-0.2, -0.15) is 11.8 Å². The molecule has 2 rings (SSSR count). The fraction of sp³-hybridized carbons (Fsp3) is 0.500. The number of hydrogen-bond donors (Lipinski definition) is 0. The van der Waals surface area contributed by atoms with Crippen LogP contribution in [0.2, 0.25) is 0 Å². The Labute approximate surface area is 121 Å². The summed E-state index contributed by atoms with van der Waals surface area (Å²) in [6.07, 6.45) is 2.07. The zero-order valence-electron chi connectivity index (χ0n) is 10.8. The first-order valence-electron chi connectivity index (χ1n) is 6.15. The first kappa shape index (κ1) is 13.9. The van der Waals surface area contributed by atoms with Crippen LogP contribution in [0.25, 0.3) is 0 Å². The zero-order chi connectivity index (χ0) is 13.2. The minimum atomic E-state index is 0.370. The molecule has 0 atom stereocenters. The highest BCUT2D eigenvalue weighted by molar-refractivity contribution is 9.10. The summed E-state index contributed by atoms with van der Waals surface area (Å²) in [5.74, 6) is 1.15. The van der Waals surface area contributed by atoms with Crippen LogP contribution in [0, 0.1) is 0 Å². The van der Waals surface area contributed by atoms with Crippen molar-refractivity contribution in [1.29, 1.82) is 0 Å². The van der Waals surface area contributed by atoms with E-state index in [1.54, 1.807) is 0 Å². The van der Waals surface area contributed by atoms with E-state index in [4.69, 9.17) is 0 Å². The standard InChI is InChI=1S/C14H18BrNOS/c1-14(2)5-6-16(7-8-18-14)12-4-3-11(10-17)13(15)9-12/h3-4,9-10H,5-8H2,1-2H3. The maximum Gasteiger partial charge on any atom is 0.151 e. The van der Waals surface area contributed by atoms with Crippen LogP contribution in [0.1, 0.15) is 30.6 Å². The summed E-state index contributed by atoms with van der Waals surface area (Å²) in [7, 11) is 0. The molecular weight excluding hydrogens is 310 g/mol. The molecule has 98 valence electrons.